The first-order chi connectivity index (χ1) is 9.54. The van der Waals surface area contributed by atoms with Crippen LogP contribution in [0.1, 0.15) is 37.2 Å². The summed E-state index contributed by atoms with van der Waals surface area (Å²) in [6, 6.07) is 6.52. The summed E-state index contributed by atoms with van der Waals surface area (Å²) in [4.78, 5) is 0. The minimum absolute atomic E-state index is 0.00402. The summed E-state index contributed by atoms with van der Waals surface area (Å²) < 4.78 is 41.2. The van der Waals surface area contributed by atoms with Gasteiger partial charge in [0.15, 0.2) is 0 Å². The van der Waals surface area contributed by atoms with Crippen molar-refractivity contribution in [2.24, 2.45) is 0 Å². The molecule has 0 bridgehead atoms. The molecule has 1 aliphatic carbocycles. The van der Waals surface area contributed by atoms with E-state index in [2.05, 4.69) is 4.72 Å². The van der Waals surface area contributed by atoms with Crippen molar-refractivity contribution in [3.63, 3.8) is 0 Å². The number of benzene rings is 1. The maximum Gasteiger partial charge on any atom is 0.279 e. The fourth-order valence-electron chi connectivity index (χ4n) is 2.94. The van der Waals surface area contributed by atoms with E-state index in [-0.39, 0.29) is 11.9 Å². The van der Waals surface area contributed by atoms with Crippen molar-refractivity contribution in [1.82, 2.24) is 9.03 Å². The number of hydrogen-bond acceptors (Lipinski definition) is 2. The maximum absolute atomic E-state index is 12.9. The summed E-state index contributed by atoms with van der Waals surface area (Å²) in [5.41, 5.74) is 1.09. The van der Waals surface area contributed by atoms with Crippen molar-refractivity contribution in [3.8, 4) is 0 Å². The van der Waals surface area contributed by atoms with E-state index in [1.807, 2.05) is 0 Å². The van der Waals surface area contributed by atoms with Crippen LogP contribution in [0.15, 0.2) is 24.3 Å². The normalized spacial score (nSPS) is 27.4. The van der Waals surface area contributed by atoms with Gasteiger partial charge in [-0.2, -0.15) is 17.4 Å². The van der Waals surface area contributed by atoms with Gasteiger partial charge in [0.25, 0.3) is 10.2 Å². The van der Waals surface area contributed by atoms with Crippen molar-refractivity contribution in [1.29, 1.82) is 0 Å². The molecule has 0 radical (unpaired) electrons. The zero-order valence-electron chi connectivity index (χ0n) is 11.3. The van der Waals surface area contributed by atoms with Crippen molar-refractivity contribution < 1.29 is 12.8 Å². The molecular formula is C14H19FN2O2S. The van der Waals surface area contributed by atoms with E-state index in [4.69, 9.17) is 0 Å². The summed E-state index contributed by atoms with van der Waals surface area (Å²) >= 11 is 0. The van der Waals surface area contributed by atoms with E-state index in [1.165, 1.54) is 16.4 Å². The quantitative estimate of drug-likeness (QED) is 0.924. The third-order valence-corrected chi connectivity index (χ3v) is 5.92. The van der Waals surface area contributed by atoms with Crippen LogP contribution in [-0.2, 0) is 10.2 Å². The van der Waals surface area contributed by atoms with Gasteiger partial charge in [0.1, 0.15) is 5.82 Å². The summed E-state index contributed by atoms with van der Waals surface area (Å²) in [7, 11) is -3.30. The highest BCUT2D eigenvalue weighted by Gasteiger charge is 2.33. The summed E-state index contributed by atoms with van der Waals surface area (Å²) in [6.07, 6.45) is 3.52. The Morgan fingerprint density at radius 3 is 2.45 bits per heavy atom. The number of hydrogen-bond donors (Lipinski definition) is 1. The molecule has 20 heavy (non-hydrogen) atoms. The van der Waals surface area contributed by atoms with Crippen LogP contribution >= 0.6 is 0 Å². The molecule has 3 rings (SSSR count). The molecule has 1 saturated heterocycles. The van der Waals surface area contributed by atoms with E-state index in [1.54, 1.807) is 12.1 Å². The molecule has 6 heteroatoms. The fraction of sp³-hybridized carbons (Fsp3) is 0.571. The van der Waals surface area contributed by atoms with Crippen molar-refractivity contribution in [3.05, 3.63) is 35.6 Å². The van der Waals surface area contributed by atoms with E-state index >= 15 is 0 Å². The van der Waals surface area contributed by atoms with Crippen LogP contribution in [0.4, 0.5) is 4.39 Å². The maximum atomic E-state index is 12.9. The van der Waals surface area contributed by atoms with Gasteiger partial charge in [-0.05, 0) is 49.3 Å². The van der Waals surface area contributed by atoms with E-state index in [9.17, 15) is 12.8 Å². The zero-order valence-corrected chi connectivity index (χ0v) is 12.1. The number of halogens is 1. The smallest absolute Gasteiger partial charge is 0.207 e. The molecule has 1 saturated carbocycles. The van der Waals surface area contributed by atoms with Crippen molar-refractivity contribution >= 4 is 10.2 Å². The Balaban J connectivity index is 1.60. The second kappa shape index (κ2) is 5.42. The summed E-state index contributed by atoms with van der Waals surface area (Å²) in [5, 5.41) is 0. The Morgan fingerprint density at radius 2 is 1.85 bits per heavy atom. The Bertz CT molecular complexity index is 569. The topological polar surface area (TPSA) is 49.4 Å². The molecule has 2 fully saturated rings. The van der Waals surface area contributed by atoms with Crippen LogP contribution < -0.4 is 4.72 Å². The van der Waals surface area contributed by atoms with Gasteiger partial charge in [-0.15, -0.1) is 0 Å². The van der Waals surface area contributed by atoms with Gasteiger partial charge in [0, 0.05) is 19.1 Å². The second-order valence-corrected chi connectivity index (χ2v) is 7.34. The highest BCUT2D eigenvalue weighted by atomic mass is 32.2. The largest absolute Gasteiger partial charge is 0.279 e. The van der Waals surface area contributed by atoms with Crippen molar-refractivity contribution in [2.45, 2.75) is 37.6 Å². The van der Waals surface area contributed by atoms with E-state index in [0.29, 0.717) is 19.0 Å². The third-order valence-electron chi connectivity index (χ3n) is 4.24. The first-order valence-corrected chi connectivity index (χ1v) is 8.51. The van der Waals surface area contributed by atoms with Crippen LogP contribution in [-0.4, -0.2) is 31.9 Å². The first-order valence-electron chi connectivity index (χ1n) is 7.07. The Hall–Kier alpha value is -0.980. The second-order valence-electron chi connectivity index (χ2n) is 5.63. The summed E-state index contributed by atoms with van der Waals surface area (Å²) in [5.74, 6) is 0.0847. The lowest BCUT2D eigenvalue weighted by atomic mass is 9.98. The molecule has 1 aliphatic heterocycles. The molecule has 2 atom stereocenters. The van der Waals surface area contributed by atoms with Gasteiger partial charge >= 0.3 is 0 Å². The molecule has 0 aromatic heterocycles. The van der Waals surface area contributed by atoms with Gasteiger partial charge in [-0.25, -0.2) is 4.39 Å². The van der Waals surface area contributed by atoms with Gasteiger partial charge in [0.05, 0.1) is 0 Å². The third kappa shape index (κ3) is 2.87. The number of nitrogens with zero attached hydrogens (tertiary/aromatic N) is 1. The molecular weight excluding hydrogens is 279 g/mol. The van der Waals surface area contributed by atoms with Gasteiger partial charge < -0.3 is 0 Å². The lowest BCUT2D eigenvalue weighted by Gasteiger charge is -2.31. The van der Waals surface area contributed by atoms with E-state index < -0.39 is 10.2 Å². The zero-order chi connectivity index (χ0) is 14.2. The monoisotopic (exact) mass is 298 g/mol. The molecule has 2 unspecified atom stereocenters. The minimum Gasteiger partial charge on any atom is -0.207 e. The Labute approximate surface area is 119 Å². The summed E-state index contributed by atoms with van der Waals surface area (Å²) in [6.45, 7) is 1.26. The first kappa shape index (κ1) is 14.0. The van der Waals surface area contributed by atoms with Crippen LogP contribution in [0.2, 0.25) is 0 Å². The highest BCUT2D eigenvalue weighted by molar-refractivity contribution is 7.87. The van der Waals surface area contributed by atoms with Gasteiger partial charge in [0.2, 0.25) is 0 Å². The van der Waals surface area contributed by atoms with Gasteiger partial charge in [-0.1, -0.05) is 12.1 Å². The Kier molecular flexibility index (Phi) is 3.79. The molecule has 1 aromatic rings. The molecule has 0 spiro atoms. The lowest BCUT2D eigenvalue weighted by Crippen LogP contribution is -2.50. The highest BCUT2D eigenvalue weighted by Crippen LogP contribution is 2.35. The molecule has 1 N–H and O–H groups in total. The predicted molar refractivity (Wildman–Crippen MR) is 75.0 cm³/mol. The standard InChI is InChI=1S/C14H19FN2O2S/c15-13-5-2-11(3-6-13)12-4-7-14(10-12)16-20(18,19)17-8-1-9-17/h2-3,5-6,12,14,16H,1,4,7-10H2. The number of rotatable bonds is 4. The molecule has 0 amide bonds. The average molecular weight is 298 g/mol. The van der Waals surface area contributed by atoms with Crippen LogP contribution in [0, 0.1) is 5.82 Å². The Morgan fingerprint density at radius 1 is 1.15 bits per heavy atom. The van der Waals surface area contributed by atoms with Crippen LogP contribution in [0.25, 0.3) is 0 Å². The van der Waals surface area contributed by atoms with Crippen molar-refractivity contribution in [2.75, 3.05) is 13.1 Å². The average Bonchev–Trinajstić information content (AvgIpc) is 2.74. The minimum atomic E-state index is -3.30. The molecule has 2 aliphatic rings. The lowest BCUT2D eigenvalue weighted by molar-refractivity contribution is 0.301. The SMILES string of the molecule is O=S(=O)(NC1CCC(c2ccc(F)cc2)C1)N1CCC1. The van der Waals surface area contributed by atoms with Gasteiger partial charge in [-0.3, -0.25) is 0 Å². The molecule has 1 heterocycles. The van der Waals surface area contributed by atoms with E-state index in [0.717, 1.165) is 31.2 Å². The fourth-order valence-corrected chi connectivity index (χ4v) is 4.46. The molecule has 4 nitrogen and oxygen atoms in total. The predicted octanol–water partition coefficient (Wildman–Crippen LogP) is 2.00. The number of nitrogens with one attached hydrogen (secondary N) is 1. The molecule has 110 valence electrons. The van der Waals surface area contributed by atoms with Crippen LogP contribution in [0.5, 0.6) is 0 Å². The molecule has 1 aromatic carbocycles. The van der Waals surface area contributed by atoms with Crippen LogP contribution in [0.3, 0.4) is 0 Å².